The van der Waals surface area contributed by atoms with Gasteiger partial charge in [0.1, 0.15) is 23.9 Å². The zero-order valence-electron chi connectivity index (χ0n) is 17.8. The van der Waals surface area contributed by atoms with Crippen molar-refractivity contribution in [2.45, 2.75) is 19.9 Å². The van der Waals surface area contributed by atoms with Crippen LogP contribution in [-0.4, -0.2) is 54.5 Å². The van der Waals surface area contributed by atoms with Crippen molar-refractivity contribution in [2.75, 3.05) is 27.2 Å². The number of fused-ring (bicyclic) bond motifs is 1. The highest BCUT2D eigenvalue weighted by Crippen LogP contribution is 2.24. The maximum atomic E-state index is 7.49. The Labute approximate surface area is 182 Å². The maximum absolute atomic E-state index is 7.49. The number of hydrogen-bond donors (Lipinski definition) is 5. The second kappa shape index (κ2) is 9.98. The van der Waals surface area contributed by atoms with E-state index in [1.54, 1.807) is 6.08 Å². The summed E-state index contributed by atoms with van der Waals surface area (Å²) < 4.78 is 7.25. The van der Waals surface area contributed by atoms with Gasteiger partial charge in [-0.05, 0) is 49.9 Å². The van der Waals surface area contributed by atoms with Crippen molar-refractivity contribution in [3.8, 4) is 0 Å². The first-order valence-corrected chi connectivity index (χ1v) is 10.5. The number of allylic oxidation sites excluding steroid dienone is 4. The van der Waals surface area contributed by atoms with Crippen LogP contribution < -0.4 is 21.8 Å². The number of nitrogens with zero attached hydrogens (tertiary/aromatic N) is 3. The number of nitrogens with two attached hydrogens (primary N) is 1. The minimum atomic E-state index is 0.218. The summed E-state index contributed by atoms with van der Waals surface area (Å²) in [7, 11) is 3.86. The number of rotatable bonds is 9. The van der Waals surface area contributed by atoms with Crippen molar-refractivity contribution in [3.05, 3.63) is 59.0 Å². The largest absolute Gasteiger partial charge is 0.384 e. The Kier molecular flexibility index (Phi) is 7.38. The Balaban J connectivity index is 1.58. The van der Waals surface area contributed by atoms with Gasteiger partial charge in [0.05, 0.1) is 23.1 Å². The molecule has 0 amide bonds. The number of nitrogens with one attached hydrogen (secondary N) is 4. The van der Waals surface area contributed by atoms with Crippen molar-refractivity contribution in [3.63, 3.8) is 0 Å². The number of hydroxylamine groups is 1. The zero-order valence-corrected chi connectivity index (χ0v) is 18.6. The summed E-state index contributed by atoms with van der Waals surface area (Å²) in [4.78, 5) is 6.71. The van der Waals surface area contributed by atoms with Gasteiger partial charge >= 0.3 is 0 Å². The molecule has 3 rings (SSSR count). The minimum Gasteiger partial charge on any atom is -0.384 e. The first-order valence-electron chi connectivity index (χ1n) is 9.81. The van der Waals surface area contributed by atoms with Gasteiger partial charge in [0.25, 0.3) is 0 Å². The molecule has 3 heterocycles. The lowest BCUT2D eigenvalue weighted by molar-refractivity contribution is 0.0780. The van der Waals surface area contributed by atoms with Crippen LogP contribution in [0.4, 0.5) is 0 Å². The van der Waals surface area contributed by atoms with Crippen molar-refractivity contribution in [1.29, 1.82) is 5.41 Å². The smallest absolute Gasteiger partial charge is 0.132 e. The molecular formula is C20H30N8OS. The van der Waals surface area contributed by atoms with E-state index in [1.165, 1.54) is 18.4 Å². The third-order valence-corrected chi connectivity index (χ3v) is 5.14. The summed E-state index contributed by atoms with van der Waals surface area (Å²) in [5.74, 6) is 1.24. The molecule has 0 aromatic rings. The highest BCUT2D eigenvalue weighted by molar-refractivity contribution is 7.92. The lowest BCUT2D eigenvalue weighted by Crippen LogP contribution is -2.57. The SMILES string of the molecule is CC(C)C(C=N)=CC(N)=NC1=CC=C2NC=C(N3CC(NOSN(C)C)C3)C=C2N1. The summed E-state index contributed by atoms with van der Waals surface area (Å²) >= 11 is 1.27. The van der Waals surface area contributed by atoms with E-state index in [0.717, 1.165) is 35.8 Å². The summed E-state index contributed by atoms with van der Waals surface area (Å²) in [5, 5.41) is 14.1. The van der Waals surface area contributed by atoms with Crippen LogP contribution in [0.25, 0.3) is 0 Å². The first-order chi connectivity index (χ1) is 14.4. The van der Waals surface area contributed by atoms with E-state index in [-0.39, 0.29) is 5.92 Å². The molecule has 30 heavy (non-hydrogen) atoms. The summed E-state index contributed by atoms with van der Waals surface area (Å²) in [5.41, 5.74) is 13.0. The van der Waals surface area contributed by atoms with Gasteiger partial charge in [0.15, 0.2) is 0 Å². The second-order valence-corrected chi connectivity index (χ2v) is 8.74. The summed E-state index contributed by atoms with van der Waals surface area (Å²) in [6, 6.07) is 0.295. The molecule has 0 aliphatic carbocycles. The van der Waals surface area contributed by atoms with E-state index >= 15 is 0 Å². The van der Waals surface area contributed by atoms with E-state index < -0.39 is 0 Å². The van der Waals surface area contributed by atoms with Crippen molar-refractivity contribution in [2.24, 2.45) is 16.6 Å². The van der Waals surface area contributed by atoms with Gasteiger partial charge in [-0.1, -0.05) is 13.8 Å². The molecule has 162 valence electrons. The number of hydrogen-bond acceptors (Lipinski definition) is 9. The van der Waals surface area contributed by atoms with Crippen LogP contribution in [0.15, 0.2) is 64.0 Å². The van der Waals surface area contributed by atoms with Crippen molar-refractivity contribution < 1.29 is 4.28 Å². The molecule has 0 aromatic heterocycles. The number of dihydropyridines is 2. The lowest BCUT2D eigenvalue weighted by atomic mass is 10.0. The molecule has 9 nitrogen and oxygen atoms in total. The quantitative estimate of drug-likeness (QED) is 0.123. The fourth-order valence-electron chi connectivity index (χ4n) is 2.97. The average Bonchev–Trinajstić information content (AvgIpc) is 2.66. The highest BCUT2D eigenvalue weighted by Gasteiger charge is 2.29. The highest BCUT2D eigenvalue weighted by atomic mass is 32.2. The Bertz CT molecular complexity index is 847. The second-order valence-electron chi connectivity index (χ2n) is 7.70. The van der Waals surface area contributed by atoms with Crippen LogP contribution in [0.3, 0.4) is 0 Å². The van der Waals surface area contributed by atoms with Gasteiger partial charge in [-0.25, -0.2) is 13.6 Å². The molecule has 0 saturated carbocycles. The van der Waals surface area contributed by atoms with E-state index in [9.17, 15) is 0 Å². The van der Waals surface area contributed by atoms with Gasteiger partial charge in [0, 0.05) is 25.5 Å². The predicted molar refractivity (Wildman–Crippen MR) is 123 cm³/mol. The fourth-order valence-corrected chi connectivity index (χ4v) is 3.30. The van der Waals surface area contributed by atoms with E-state index in [2.05, 4.69) is 32.1 Å². The average molecular weight is 431 g/mol. The summed E-state index contributed by atoms with van der Waals surface area (Å²) in [6.07, 6.45) is 11.0. The van der Waals surface area contributed by atoms with Gasteiger partial charge < -0.3 is 26.7 Å². The molecule has 6 N–H and O–H groups in total. The number of amidine groups is 1. The van der Waals surface area contributed by atoms with Crippen LogP contribution in [0.5, 0.6) is 0 Å². The minimum absolute atomic E-state index is 0.218. The number of likely N-dealkylation sites (tertiary alicyclic amines) is 1. The van der Waals surface area contributed by atoms with Gasteiger partial charge in [-0.2, -0.15) is 5.48 Å². The molecule has 3 aliphatic heterocycles. The van der Waals surface area contributed by atoms with Crippen LogP contribution >= 0.6 is 12.2 Å². The molecule has 10 heteroatoms. The van der Waals surface area contributed by atoms with Gasteiger partial charge in [0.2, 0.25) is 0 Å². The van der Waals surface area contributed by atoms with Crippen LogP contribution in [0.1, 0.15) is 13.8 Å². The van der Waals surface area contributed by atoms with Gasteiger partial charge in [-0.15, -0.1) is 0 Å². The molecule has 0 atom stereocenters. The molecule has 0 bridgehead atoms. The molecule has 3 aliphatic rings. The van der Waals surface area contributed by atoms with Crippen LogP contribution in [0, 0.1) is 11.3 Å². The van der Waals surface area contributed by atoms with Crippen molar-refractivity contribution >= 4 is 24.3 Å². The normalized spacial score (nSPS) is 19.9. The molecule has 0 unspecified atom stereocenters. The maximum Gasteiger partial charge on any atom is 0.132 e. The number of aliphatic imine (C=N–C) groups is 1. The molecule has 1 saturated heterocycles. The monoisotopic (exact) mass is 430 g/mol. The molecule has 1 fully saturated rings. The lowest BCUT2D eigenvalue weighted by Gasteiger charge is -2.42. The topological polar surface area (TPSA) is 114 Å². The van der Waals surface area contributed by atoms with E-state index in [0.29, 0.717) is 17.7 Å². The molecule has 0 spiro atoms. The van der Waals surface area contributed by atoms with Crippen LogP contribution in [0.2, 0.25) is 0 Å². The Morgan fingerprint density at radius 3 is 2.83 bits per heavy atom. The first kappa shape index (κ1) is 22.2. The van der Waals surface area contributed by atoms with Gasteiger partial charge in [-0.3, -0.25) is 0 Å². The zero-order chi connectivity index (χ0) is 21.7. The fraction of sp³-hybridized carbons (Fsp3) is 0.400. The Hall–Kier alpha value is -2.53. The third-order valence-electron chi connectivity index (χ3n) is 4.67. The molecule has 0 radical (unpaired) electrons. The van der Waals surface area contributed by atoms with E-state index in [4.69, 9.17) is 15.4 Å². The summed E-state index contributed by atoms with van der Waals surface area (Å²) in [6.45, 7) is 5.77. The van der Waals surface area contributed by atoms with Crippen LogP contribution in [-0.2, 0) is 4.28 Å². The van der Waals surface area contributed by atoms with Crippen molar-refractivity contribution in [1.82, 2.24) is 25.3 Å². The molecule has 0 aromatic carbocycles. The predicted octanol–water partition coefficient (Wildman–Crippen LogP) is 1.56. The Morgan fingerprint density at radius 1 is 1.40 bits per heavy atom. The van der Waals surface area contributed by atoms with E-state index in [1.807, 2.05) is 50.6 Å². The standard InChI is InChI=1S/C20H30N8OS/c1-13(2)14(9-21)7-19(22)25-20-6-5-17-18(24-20)8-16(10-23-17)28-11-15(12-28)26-29-30-27(3)4/h5-10,13,15,21,23-24,26H,11-12H2,1-4H3,(H2,22,25). The molecular weight excluding hydrogens is 400 g/mol. The third kappa shape index (κ3) is 5.76. The Morgan fingerprint density at radius 2 is 2.17 bits per heavy atom.